The smallest absolute Gasteiger partial charge is 0.0345 e. The molecule has 2 aliphatic heterocycles. The molecule has 0 aromatic heterocycles. The van der Waals surface area contributed by atoms with Gasteiger partial charge in [0.25, 0.3) is 0 Å². The van der Waals surface area contributed by atoms with Crippen LogP contribution in [0, 0.1) is 6.67 Å². The number of anilines is 4. The van der Waals surface area contributed by atoms with E-state index in [1.54, 1.807) is 0 Å². The maximum atomic E-state index is 4.70. The topological polar surface area (TPSA) is 20.6 Å². The normalized spacial score (nSPS) is 14.1. The monoisotopic (exact) mass is 844 g/mol. The molecule has 50 heavy (non-hydrogen) atoms. The van der Waals surface area contributed by atoms with Crippen LogP contribution >= 0.6 is 0 Å². The maximum Gasteiger partial charge on any atom is 0.0345 e. The van der Waals surface area contributed by atoms with E-state index in [1.807, 2.05) is 12.1 Å². The molecule has 0 saturated heterocycles. The summed E-state index contributed by atoms with van der Waals surface area (Å²) in [7, 11) is 0. The van der Waals surface area contributed by atoms with Crippen LogP contribution in [0.5, 0.6) is 0 Å². The minimum absolute atomic E-state index is 0. The number of nitrogens with zero attached hydrogens (tertiary/aromatic N) is 3. The predicted molar refractivity (Wildman–Crippen MR) is 212 cm³/mol. The summed E-state index contributed by atoms with van der Waals surface area (Å²) in [6.07, 6.45) is 0. The van der Waals surface area contributed by atoms with Crippen molar-refractivity contribution in [2.75, 3.05) is 9.80 Å². The predicted octanol–water partition coefficient (Wildman–Crippen LogP) is 14.2. The van der Waals surface area contributed by atoms with Crippen molar-refractivity contribution in [3.8, 4) is 0 Å². The molecule has 0 N–H and O–H groups in total. The molecule has 0 spiro atoms. The third-order valence-electron chi connectivity index (χ3n) is 10.2. The van der Waals surface area contributed by atoms with E-state index in [0.29, 0.717) is 23.7 Å². The van der Waals surface area contributed by atoms with Gasteiger partial charge in [0.1, 0.15) is 0 Å². The summed E-state index contributed by atoms with van der Waals surface area (Å²) in [6, 6.07) is 39.3. The molecule has 0 aliphatic carbocycles. The number of hydrogen-bond donors (Lipinski definition) is 0. The molecule has 0 amide bonds. The molecule has 0 bridgehead atoms. The van der Waals surface area contributed by atoms with Crippen molar-refractivity contribution in [1.82, 2.24) is 0 Å². The Kier molecular flexibility index (Phi) is 11.4. The Morgan fingerprint density at radius 1 is 0.460 bits per heavy atom. The van der Waals surface area contributed by atoms with E-state index in [2.05, 4.69) is 183 Å². The van der Waals surface area contributed by atoms with Crippen LogP contribution < -0.4 is 9.80 Å². The Morgan fingerprint density at radius 2 is 0.780 bits per heavy atom. The molecule has 0 unspecified atom stereocenters. The molecule has 265 valence electrons. The zero-order valence-corrected chi connectivity index (χ0v) is 33.6. The molecule has 0 fully saturated rings. The van der Waals surface area contributed by atoms with Crippen LogP contribution in [0.25, 0.3) is 5.32 Å². The molecular weight excluding hydrogens is 791 g/mol. The summed E-state index contributed by atoms with van der Waals surface area (Å²) in [5.41, 5.74) is 15.7. The largest absolute Gasteiger partial charge is 0.657 e. The van der Waals surface area contributed by atoms with Gasteiger partial charge >= 0.3 is 0 Å². The van der Waals surface area contributed by atoms with Gasteiger partial charge < -0.3 is 15.1 Å². The standard InChI is InChI=1S/C31H39N2.C15H14N.Au/c1-20(2)24-13-11-14-25(21(3)4)30(24)32-19-33(29-18-10-9-17-28(29)32)31-26(22(5)6)15-12-16-27(31)23(7)8;1-15(2)11-7-3-5-9-13(11)16-14-10-6-4-8-12(14)15;/h9-23H,1-8H3;3-10H,1-2H3;/q2*-1;. The van der Waals surface area contributed by atoms with Gasteiger partial charge in [0.15, 0.2) is 0 Å². The second-order valence-corrected chi connectivity index (χ2v) is 15.3. The van der Waals surface area contributed by atoms with E-state index in [9.17, 15) is 0 Å². The number of rotatable bonds is 6. The SMILES string of the molecule is CC(C)c1cccc(C(C)C)c1N1[CH-]N(c2c(C(C)C)cccc2C(C)C)c2ccccc21.CC1(C)c2ccccc2[N-]c2ccccc21.[Au]. The molecule has 0 atom stereocenters. The van der Waals surface area contributed by atoms with Crippen LogP contribution in [0.1, 0.15) is 126 Å². The van der Waals surface area contributed by atoms with E-state index in [1.165, 1.54) is 56.1 Å². The molecule has 4 heteroatoms. The fourth-order valence-corrected chi connectivity index (χ4v) is 7.52. The molecule has 2 aliphatic rings. The number of benzene rings is 5. The summed E-state index contributed by atoms with van der Waals surface area (Å²) < 4.78 is 0. The van der Waals surface area contributed by atoms with Crippen molar-refractivity contribution in [2.24, 2.45) is 0 Å². The summed E-state index contributed by atoms with van der Waals surface area (Å²) in [5, 5.41) is 4.70. The fourth-order valence-electron chi connectivity index (χ4n) is 7.52. The second-order valence-electron chi connectivity index (χ2n) is 15.3. The van der Waals surface area contributed by atoms with Crippen LogP contribution in [-0.4, -0.2) is 0 Å². The van der Waals surface area contributed by atoms with Gasteiger partial charge in [-0.3, -0.25) is 0 Å². The van der Waals surface area contributed by atoms with Gasteiger partial charge in [-0.15, -0.1) is 18.0 Å². The second kappa shape index (κ2) is 15.2. The zero-order valence-electron chi connectivity index (χ0n) is 31.4. The molecule has 2 heterocycles. The van der Waals surface area contributed by atoms with Crippen molar-refractivity contribution in [3.05, 3.63) is 155 Å². The summed E-state index contributed by atoms with van der Waals surface area (Å²) in [6.45, 7) is 25.3. The van der Waals surface area contributed by atoms with E-state index < -0.39 is 0 Å². The first-order valence-corrected chi connectivity index (χ1v) is 18.1. The molecular formula is C46H53AuN3-2. The van der Waals surface area contributed by atoms with Crippen molar-refractivity contribution in [1.29, 1.82) is 0 Å². The Bertz CT molecular complexity index is 1750. The van der Waals surface area contributed by atoms with E-state index in [-0.39, 0.29) is 27.8 Å². The third kappa shape index (κ3) is 6.93. The van der Waals surface area contributed by atoms with Gasteiger partial charge in [0, 0.05) is 50.5 Å². The summed E-state index contributed by atoms with van der Waals surface area (Å²) >= 11 is 0. The molecule has 0 saturated carbocycles. The van der Waals surface area contributed by atoms with Crippen molar-refractivity contribution in [3.63, 3.8) is 0 Å². The van der Waals surface area contributed by atoms with E-state index in [4.69, 9.17) is 5.32 Å². The third-order valence-corrected chi connectivity index (χ3v) is 10.2. The summed E-state index contributed by atoms with van der Waals surface area (Å²) in [5.74, 6) is 1.79. The van der Waals surface area contributed by atoms with Crippen LogP contribution in [0.2, 0.25) is 0 Å². The number of para-hydroxylation sites is 6. The van der Waals surface area contributed by atoms with Crippen molar-refractivity contribution in [2.45, 2.75) is 98.3 Å². The van der Waals surface area contributed by atoms with Gasteiger partial charge in [0.05, 0.1) is 0 Å². The molecule has 5 aromatic rings. The van der Waals surface area contributed by atoms with Gasteiger partial charge in [-0.05, 0) is 58.1 Å². The fraction of sp³-hybridized carbons (Fsp3) is 0.326. The molecule has 1 radical (unpaired) electrons. The van der Waals surface area contributed by atoms with E-state index >= 15 is 0 Å². The maximum absolute atomic E-state index is 4.70. The zero-order chi connectivity index (χ0) is 35.0. The Balaban J connectivity index is 0.000000238. The molecule has 7 rings (SSSR count). The van der Waals surface area contributed by atoms with Crippen LogP contribution in [0.15, 0.2) is 109 Å². The van der Waals surface area contributed by atoms with Crippen LogP contribution in [0.4, 0.5) is 34.1 Å². The Hall–Kier alpha value is -3.76. The van der Waals surface area contributed by atoms with Crippen LogP contribution in [-0.2, 0) is 27.8 Å². The van der Waals surface area contributed by atoms with Gasteiger partial charge in [-0.1, -0.05) is 177 Å². The van der Waals surface area contributed by atoms with Crippen molar-refractivity contribution < 1.29 is 22.4 Å². The van der Waals surface area contributed by atoms with Gasteiger partial charge in [-0.25, -0.2) is 0 Å². The van der Waals surface area contributed by atoms with Crippen LogP contribution in [0.3, 0.4) is 0 Å². The number of hydrogen-bond acceptors (Lipinski definition) is 2. The Morgan fingerprint density at radius 3 is 1.12 bits per heavy atom. The minimum Gasteiger partial charge on any atom is -0.657 e. The molecule has 5 aromatic carbocycles. The number of fused-ring (bicyclic) bond motifs is 3. The first kappa shape index (κ1) is 37.5. The minimum atomic E-state index is 0. The van der Waals surface area contributed by atoms with Crippen molar-refractivity contribution >= 4 is 34.1 Å². The first-order valence-electron chi connectivity index (χ1n) is 18.1. The first-order chi connectivity index (χ1) is 23.4. The Labute approximate surface area is 317 Å². The summed E-state index contributed by atoms with van der Waals surface area (Å²) in [4.78, 5) is 4.89. The molecule has 3 nitrogen and oxygen atoms in total. The average molecular weight is 845 g/mol. The average Bonchev–Trinajstić information content (AvgIpc) is 3.47. The van der Waals surface area contributed by atoms with Gasteiger partial charge in [0.2, 0.25) is 0 Å². The van der Waals surface area contributed by atoms with Gasteiger partial charge in [-0.2, -0.15) is 0 Å². The van der Waals surface area contributed by atoms with E-state index in [0.717, 1.165) is 11.4 Å². The quantitative estimate of drug-likeness (QED) is 0.125.